The minimum absolute atomic E-state index is 0.247. The van der Waals surface area contributed by atoms with Crippen LogP contribution in [0.1, 0.15) is 19.5 Å². The number of aliphatic hydroxyl groups is 1. The number of hydrogen-bond acceptors (Lipinski definition) is 3. The molecule has 0 fully saturated rings. The number of aryl methyl sites for hydroxylation is 1. The Kier molecular flexibility index (Phi) is 3.29. The first-order valence-corrected chi connectivity index (χ1v) is 5.79. The van der Waals surface area contributed by atoms with E-state index in [2.05, 4.69) is 4.98 Å². The Morgan fingerprint density at radius 3 is 2.65 bits per heavy atom. The Labute approximate surface area is 101 Å². The second-order valence-electron chi connectivity index (χ2n) is 4.34. The van der Waals surface area contributed by atoms with Gasteiger partial charge < -0.3 is 9.84 Å². The summed E-state index contributed by atoms with van der Waals surface area (Å²) in [7, 11) is 0. The molecular weight excluding hydrogens is 214 g/mol. The van der Waals surface area contributed by atoms with Gasteiger partial charge in [0.2, 0.25) is 0 Å². The largest absolute Gasteiger partial charge is 0.486 e. The van der Waals surface area contributed by atoms with E-state index >= 15 is 0 Å². The Morgan fingerprint density at radius 1 is 1.18 bits per heavy atom. The summed E-state index contributed by atoms with van der Waals surface area (Å²) in [6.45, 7) is 5.52. The van der Waals surface area contributed by atoms with Gasteiger partial charge in [0.05, 0.1) is 6.10 Å². The third-order valence-corrected chi connectivity index (χ3v) is 2.81. The first kappa shape index (κ1) is 11.9. The molecule has 2 atom stereocenters. The van der Waals surface area contributed by atoms with Crippen LogP contribution in [0.3, 0.4) is 0 Å². The van der Waals surface area contributed by atoms with Crippen molar-refractivity contribution in [2.24, 2.45) is 0 Å². The summed E-state index contributed by atoms with van der Waals surface area (Å²) in [6, 6.07) is 9.82. The van der Waals surface area contributed by atoms with Crippen molar-refractivity contribution >= 4 is 10.9 Å². The van der Waals surface area contributed by atoms with Crippen molar-refractivity contribution in [3.8, 4) is 5.75 Å². The van der Waals surface area contributed by atoms with E-state index in [4.69, 9.17) is 4.74 Å². The monoisotopic (exact) mass is 231 g/mol. The van der Waals surface area contributed by atoms with E-state index in [-0.39, 0.29) is 6.10 Å². The summed E-state index contributed by atoms with van der Waals surface area (Å²) < 4.78 is 5.73. The molecule has 17 heavy (non-hydrogen) atoms. The zero-order valence-corrected chi connectivity index (χ0v) is 10.3. The number of benzene rings is 1. The number of para-hydroxylation sites is 1. The third kappa shape index (κ3) is 2.56. The molecule has 2 aromatic rings. The number of hydrogen-bond donors (Lipinski definition) is 1. The van der Waals surface area contributed by atoms with Crippen LogP contribution in [0.4, 0.5) is 0 Å². The fraction of sp³-hybridized carbons (Fsp3) is 0.357. The van der Waals surface area contributed by atoms with Gasteiger partial charge in [0.15, 0.2) is 0 Å². The standard InChI is InChI=1S/C14H17NO2/c1-9-7-8-12-5-4-6-13(14(12)15-9)17-11(3)10(2)16/h4-8,10-11,16H,1-3H3/t10-,11?/m0/s1. The maximum Gasteiger partial charge on any atom is 0.146 e. The van der Waals surface area contributed by atoms with Crippen molar-refractivity contribution in [3.63, 3.8) is 0 Å². The molecule has 0 aliphatic rings. The molecule has 3 nitrogen and oxygen atoms in total. The Morgan fingerprint density at radius 2 is 1.94 bits per heavy atom. The molecule has 2 rings (SSSR count). The van der Waals surface area contributed by atoms with E-state index in [1.807, 2.05) is 44.2 Å². The number of ether oxygens (including phenoxy) is 1. The predicted octanol–water partition coefficient (Wildman–Crippen LogP) is 2.69. The van der Waals surface area contributed by atoms with Crippen LogP contribution in [0.15, 0.2) is 30.3 Å². The van der Waals surface area contributed by atoms with Crippen LogP contribution >= 0.6 is 0 Å². The van der Waals surface area contributed by atoms with Crippen molar-refractivity contribution in [1.82, 2.24) is 4.98 Å². The van der Waals surface area contributed by atoms with E-state index in [0.717, 1.165) is 22.3 Å². The Balaban J connectivity index is 2.43. The van der Waals surface area contributed by atoms with Gasteiger partial charge in [0.25, 0.3) is 0 Å². The molecule has 1 unspecified atom stereocenters. The average Bonchev–Trinajstić information content (AvgIpc) is 2.29. The van der Waals surface area contributed by atoms with Gasteiger partial charge in [0.1, 0.15) is 17.4 Å². The van der Waals surface area contributed by atoms with Gasteiger partial charge in [-0.05, 0) is 32.9 Å². The fourth-order valence-corrected chi connectivity index (χ4v) is 1.61. The molecule has 0 spiro atoms. The second-order valence-corrected chi connectivity index (χ2v) is 4.34. The smallest absolute Gasteiger partial charge is 0.146 e. The molecule has 0 aliphatic carbocycles. The summed E-state index contributed by atoms with van der Waals surface area (Å²) in [5.41, 5.74) is 1.80. The Hall–Kier alpha value is -1.61. The van der Waals surface area contributed by atoms with E-state index in [1.165, 1.54) is 0 Å². The zero-order chi connectivity index (χ0) is 12.4. The summed E-state index contributed by atoms with van der Waals surface area (Å²) in [4.78, 5) is 4.48. The maximum atomic E-state index is 9.46. The predicted molar refractivity (Wildman–Crippen MR) is 68.3 cm³/mol. The molecule has 1 aromatic heterocycles. The number of aliphatic hydroxyl groups excluding tert-OH is 1. The maximum absolute atomic E-state index is 9.46. The van der Waals surface area contributed by atoms with Crippen molar-refractivity contribution in [3.05, 3.63) is 36.0 Å². The van der Waals surface area contributed by atoms with Crippen LogP contribution in [0, 0.1) is 6.92 Å². The highest BCUT2D eigenvalue weighted by atomic mass is 16.5. The van der Waals surface area contributed by atoms with E-state index in [0.29, 0.717) is 0 Å². The van der Waals surface area contributed by atoms with Gasteiger partial charge >= 0.3 is 0 Å². The molecule has 1 heterocycles. The topological polar surface area (TPSA) is 42.4 Å². The van der Waals surface area contributed by atoms with Crippen LogP contribution in [0.25, 0.3) is 10.9 Å². The van der Waals surface area contributed by atoms with Crippen LogP contribution < -0.4 is 4.74 Å². The molecule has 0 aliphatic heterocycles. The molecule has 1 N–H and O–H groups in total. The molecule has 0 bridgehead atoms. The fourth-order valence-electron chi connectivity index (χ4n) is 1.61. The Bertz CT molecular complexity index is 523. The third-order valence-electron chi connectivity index (χ3n) is 2.81. The lowest BCUT2D eigenvalue weighted by atomic mass is 10.2. The number of fused-ring (bicyclic) bond motifs is 1. The van der Waals surface area contributed by atoms with E-state index in [1.54, 1.807) is 6.92 Å². The lowest BCUT2D eigenvalue weighted by Crippen LogP contribution is -2.25. The number of pyridine rings is 1. The lowest BCUT2D eigenvalue weighted by molar-refractivity contribution is 0.0613. The van der Waals surface area contributed by atoms with E-state index in [9.17, 15) is 5.11 Å². The number of rotatable bonds is 3. The highest BCUT2D eigenvalue weighted by molar-refractivity contribution is 5.84. The normalized spacial score (nSPS) is 14.6. The molecule has 0 saturated heterocycles. The number of aromatic nitrogens is 1. The van der Waals surface area contributed by atoms with Gasteiger partial charge in [-0.15, -0.1) is 0 Å². The van der Waals surface area contributed by atoms with E-state index < -0.39 is 6.10 Å². The molecule has 0 amide bonds. The van der Waals surface area contributed by atoms with Crippen molar-refractivity contribution < 1.29 is 9.84 Å². The van der Waals surface area contributed by atoms with Gasteiger partial charge in [-0.1, -0.05) is 18.2 Å². The molecule has 0 radical (unpaired) electrons. The van der Waals surface area contributed by atoms with Gasteiger partial charge in [-0.3, -0.25) is 0 Å². The van der Waals surface area contributed by atoms with Crippen molar-refractivity contribution in [2.75, 3.05) is 0 Å². The summed E-state index contributed by atoms with van der Waals surface area (Å²) in [6.07, 6.45) is -0.752. The molecule has 0 saturated carbocycles. The summed E-state index contributed by atoms with van der Waals surface area (Å²) in [5.74, 6) is 0.722. The van der Waals surface area contributed by atoms with Crippen molar-refractivity contribution in [1.29, 1.82) is 0 Å². The average molecular weight is 231 g/mol. The minimum Gasteiger partial charge on any atom is -0.486 e. The molecule has 3 heteroatoms. The van der Waals surface area contributed by atoms with Crippen LogP contribution in [0.5, 0.6) is 5.75 Å². The highest BCUT2D eigenvalue weighted by Gasteiger charge is 2.12. The highest BCUT2D eigenvalue weighted by Crippen LogP contribution is 2.25. The SMILES string of the molecule is Cc1ccc2cccc(OC(C)[C@H](C)O)c2n1. The molecule has 1 aromatic carbocycles. The van der Waals surface area contributed by atoms with Crippen molar-refractivity contribution in [2.45, 2.75) is 33.0 Å². The van der Waals surface area contributed by atoms with Crippen LogP contribution in [0.2, 0.25) is 0 Å². The first-order valence-electron chi connectivity index (χ1n) is 5.79. The quantitative estimate of drug-likeness (QED) is 0.883. The molecular formula is C14H17NO2. The zero-order valence-electron chi connectivity index (χ0n) is 10.3. The number of nitrogens with zero attached hydrogens (tertiary/aromatic N) is 1. The second kappa shape index (κ2) is 4.72. The lowest BCUT2D eigenvalue weighted by Gasteiger charge is -2.18. The van der Waals surface area contributed by atoms with Crippen LogP contribution in [-0.4, -0.2) is 22.3 Å². The summed E-state index contributed by atoms with van der Waals surface area (Å²) >= 11 is 0. The van der Waals surface area contributed by atoms with Crippen LogP contribution in [-0.2, 0) is 0 Å². The van der Waals surface area contributed by atoms with Gasteiger partial charge in [-0.2, -0.15) is 0 Å². The summed E-state index contributed by atoms with van der Waals surface area (Å²) in [5, 5.41) is 10.5. The first-order chi connectivity index (χ1) is 8.08. The minimum atomic E-state index is -0.505. The van der Waals surface area contributed by atoms with Gasteiger partial charge in [-0.25, -0.2) is 4.98 Å². The van der Waals surface area contributed by atoms with Gasteiger partial charge in [0, 0.05) is 11.1 Å². The molecule has 90 valence electrons.